The van der Waals surface area contributed by atoms with Crippen molar-refractivity contribution in [3.63, 3.8) is 0 Å². The van der Waals surface area contributed by atoms with Crippen LogP contribution in [0.1, 0.15) is 34.6 Å². The Hall–Kier alpha value is -1.32. The Morgan fingerprint density at radius 1 is 1.18 bits per heavy atom. The first kappa shape index (κ1) is 13.7. The largest absolute Gasteiger partial charge is 0.370 e. The minimum absolute atomic E-state index is 0.253. The monoisotopic (exact) mass is 236 g/mol. The topological polar surface area (TPSA) is 49.8 Å². The number of nitrogens with zero attached hydrogens (tertiary/aromatic N) is 2. The van der Waals surface area contributed by atoms with E-state index in [4.69, 9.17) is 0 Å². The highest BCUT2D eigenvalue weighted by molar-refractivity contribution is 5.46. The third-order valence-electron chi connectivity index (χ3n) is 3.31. The lowest BCUT2D eigenvalue weighted by Gasteiger charge is -2.29. The molecular weight excluding hydrogens is 212 g/mol. The zero-order valence-electron chi connectivity index (χ0n) is 11.5. The van der Waals surface area contributed by atoms with Crippen molar-refractivity contribution in [2.45, 2.75) is 34.6 Å². The summed E-state index contributed by atoms with van der Waals surface area (Å²) in [5, 5.41) is 6.55. The Morgan fingerprint density at radius 2 is 1.76 bits per heavy atom. The van der Waals surface area contributed by atoms with Crippen molar-refractivity contribution < 1.29 is 0 Å². The molecule has 0 atom stereocenters. The Bertz CT molecular complexity index is 347. The average Bonchev–Trinajstić information content (AvgIpc) is 2.27. The number of hydrogen-bond donors (Lipinski definition) is 2. The van der Waals surface area contributed by atoms with Gasteiger partial charge in [-0.2, -0.15) is 0 Å². The number of anilines is 2. The van der Waals surface area contributed by atoms with Crippen LogP contribution in [0.25, 0.3) is 0 Å². The summed E-state index contributed by atoms with van der Waals surface area (Å²) < 4.78 is 0. The summed E-state index contributed by atoms with van der Waals surface area (Å²) in [6, 6.07) is 1.94. The van der Waals surface area contributed by atoms with Gasteiger partial charge in [-0.25, -0.2) is 9.97 Å². The lowest BCUT2D eigenvalue weighted by Crippen LogP contribution is -2.28. The van der Waals surface area contributed by atoms with Gasteiger partial charge in [0.2, 0.25) is 0 Å². The number of rotatable bonds is 6. The smallest absolute Gasteiger partial charge is 0.131 e. The molecule has 4 nitrogen and oxygen atoms in total. The van der Waals surface area contributed by atoms with Crippen LogP contribution in [-0.2, 0) is 0 Å². The SMILES string of the molecule is CCNc1cc(NCC(C)(C)C(C)C)ncn1. The summed E-state index contributed by atoms with van der Waals surface area (Å²) in [6.45, 7) is 12.8. The summed E-state index contributed by atoms with van der Waals surface area (Å²) in [5.74, 6) is 2.38. The molecule has 0 radical (unpaired) electrons. The molecule has 0 bridgehead atoms. The van der Waals surface area contributed by atoms with Gasteiger partial charge in [0.25, 0.3) is 0 Å². The molecule has 17 heavy (non-hydrogen) atoms. The third kappa shape index (κ3) is 4.21. The molecule has 0 unspecified atom stereocenters. The lowest BCUT2D eigenvalue weighted by molar-refractivity contribution is 0.269. The van der Waals surface area contributed by atoms with Crippen LogP contribution in [0, 0.1) is 11.3 Å². The van der Waals surface area contributed by atoms with Crippen LogP contribution >= 0.6 is 0 Å². The van der Waals surface area contributed by atoms with E-state index in [0.29, 0.717) is 5.92 Å². The highest BCUT2D eigenvalue weighted by atomic mass is 15.1. The van der Waals surface area contributed by atoms with Crippen molar-refractivity contribution in [1.82, 2.24) is 9.97 Å². The van der Waals surface area contributed by atoms with Crippen molar-refractivity contribution in [1.29, 1.82) is 0 Å². The average molecular weight is 236 g/mol. The number of nitrogens with one attached hydrogen (secondary N) is 2. The lowest BCUT2D eigenvalue weighted by atomic mass is 9.81. The van der Waals surface area contributed by atoms with E-state index >= 15 is 0 Å². The van der Waals surface area contributed by atoms with Crippen molar-refractivity contribution in [2.24, 2.45) is 11.3 Å². The predicted molar refractivity (Wildman–Crippen MR) is 73.3 cm³/mol. The molecule has 0 amide bonds. The maximum absolute atomic E-state index is 4.22. The van der Waals surface area contributed by atoms with Gasteiger partial charge in [0.15, 0.2) is 0 Å². The Morgan fingerprint density at radius 3 is 2.29 bits per heavy atom. The standard InChI is InChI=1S/C13H24N4/c1-6-14-11-7-12(17-9-16-11)15-8-13(4,5)10(2)3/h7,9-10H,6,8H2,1-5H3,(H2,14,15,16,17). The Kier molecular flexibility index (Phi) is 4.73. The zero-order valence-corrected chi connectivity index (χ0v) is 11.5. The molecule has 0 aliphatic carbocycles. The van der Waals surface area contributed by atoms with Gasteiger partial charge >= 0.3 is 0 Å². The molecule has 2 N–H and O–H groups in total. The molecule has 0 saturated carbocycles. The van der Waals surface area contributed by atoms with Gasteiger partial charge in [-0.15, -0.1) is 0 Å². The molecule has 0 aliphatic rings. The van der Waals surface area contributed by atoms with Gasteiger partial charge in [0.05, 0.1) is 0 Å². The summed E-state index contributed by atoms with van der Waals surface area (Å²) in [5.41, 5.74) is 0.253. The second-order valence-electron chi connectivity index (χ2n) is 5.32. The fourth-order valence-electron chi connectivity index (χ4n) is 1.25. The highest BCUT2D eigenvalue weighted by Gasteiger charge is 2.21. The molecule has 1 aromatic rings. The Labute approximate surface area is 104 Å². The van der Waals surface area contributed by atoms with Crippen LogP contribution in [0.2, 0.25) is 0 Å². The van der Waals surface area contributed by atoms with E-state index in [0.717, 1.165) is 24.7 Å². The molecule has 0 fully saturated rings. The van der Waals surface area contributed by atoms with Crippen LogP contribution in [0.5, 0.6) is 0 Å². The van der Waals surface area contributed by atoms with Crippen molar-refractivity contribution in [2.75, 3.05) is 23.7 Å². The maximum atomic E-state index is 4.22. The molecule has 1 aromatic heterocycles. The molecule has 96 valence electrons. The molecule has 1 rings (SSSR count). The van der Waals surface area contributed by atoms with Gasteiger partial charge in [-0.05, 0) is 18.3 Å². The van der Waals surface area contributed by atoms with Crippen molar-refractivity contribution in [3.8, 4) is 0 Å². The van der Waals surface area contributed by atoms with Gasteiger partial charge < -0.3 is 10.6 Å². The third-order valence-corrected chi connectivity index (χ3v) is 3.31. The van der Waals surface area contributed by atoms with Crippen LogP contribution in [0.3, 0.4) is 0 Å². The van der Waals surface area contributed by atoms with E-state index in [1.807, 2.05) is 6.07 Å². The first-order valence-corrected chi connectivity index (χ1v) is 6.25. The van der Waals surface area contributed by atoms with Gasteiger partial charge in [-0.3, -0.25) is 0 Å². The van der Waals surface area contributed by atoms with Gasteiger partial charge in [0.1, 0.15) is 18.0 Å². The van der Waals surface area contributed by atoms with Crippen LogP contribution in [0.4, 0.5) is 11.6 Å². The van der Waals surface area contributed by atoms with Crippen molar-refractivity contribution in [3.05, 3.63) is 12.4 Å². The molecule has 4 heteroatoms. The van der Waals surface area contributed by atoms with E-state index in [2.05, 4.69) is 55.2 Å². The summed E-state index contributed by atoms with van der Waals surface area (Å²) in [4.78, 5) is 8.37. The molecular formula is C13H24N4. The minimum atomic E-state index is 0.253. The molecule has 0 aliphatic heterocycles. The summed E-state index contributed by atoms with van der Waals surface area (Å²) in [7, 11) is 0. The number of hydrogen-bond acceptors (Lipinski definition) is 4. The molecule has 0 saturated heterocycles. The number of aromatic nitrogens is 2. The van der Waals surface area contributed by atoms with E-state index in [1.54, 1.807) is 6.33 Å². The summed E-state index contributed by atoms with van der Waals surface area (Å²) in [6.07, 6.45) is 1.59. The highest BCUT2D eigenvalue weighted by Crippen LogP contribution is 2.26. The normalized spacial score (nSPS) is 11.6. The van der Waals surface area contributed by atoms with E-state index in [-0.39, 0.29) is 5.41 Å². The predicted octanol–water partition coefficient (Wildman–Crippen LogP) is 3.00. The first-order valence-electron chi connectivity index (χ1n) is 6.25. The van der Waals surface area contributed by atoms with Crippen LogP contribution < -0.4 is 10.6 Å². The van der Waals surface area contributed by atoms with E-state index in [9.17, 15) is 0 Å². The van der Waals surface area contributed by atoms with Crippen molar-refractivity contribution >= 4 is 11.6 Å². The second kappa shape index (κ2) is 5.84. The van der Waals surface area contributed by atoms with Crippen LogP contribution in [-0.4, -0.2) is 23.1 Å². The Balaban J connectivity index is 2.60. The fraction of sp³-hybridized carbons (Fsp3) is 0.692. The van der Waals surface area contributed by atoms with E-state index < -0.39 is 0 Å². The quantitative estimate of drug-likeness (QED) is 0.797. The molecule has 1 heterocycles. The summed E-state index contributed by atoms with van der Waals surface area (Å²) >= 11 is 0. The minimum Gasteiger partial charge on any atom is -0.370 e. The fourth-order valence-corrected chi connectivity index (χ4v) is 1.25. The van der Waals surface area contributed by atoms with Crippen LogP contribution in [0.15, 0.2) is 12.4 Å². The van der Waals surface area contributed by atoms with E-state index in [1.165, 1.54) is 0 Å². The maximum Gasteiger partial charge on any atom is 0.131 e. The zero-order chi connectivity index (χ0) is 12.9. The molecule has 0 spiro atoms. The second-order valence-corrected chi connectivity index (χ2v) is 5.32. The van der Waals surface area contributed by atoms with Gasteiger partial charge in [0, 0.05) is 19.2 Å². The first-order chi connectivity index (χ1) is 7.95. The van der Waals surface area contributed by atoms with Gasteiger partial charge in [-0.1, -0.05) is 27.7 Å². The molecule has 0 aromatic carbocycles.